The molecule has 1 aromatic heterocycles. The van der Waals surface area contributed by atoms with Crippen molar-refractivity contribution in [1.82, 2.24) is 9.55 Å². The van der Waals surface area contributed by atoms with Gasteiger partial charge in [-0.05, 0) is 56.1 Å². The van der Waals surface area contributed by atoms with Crippen molar-refractivity contribution in [2.45, 2.75) is 71.7 Å². The van der Waals surface area contributed by atoms with Gasteiger partial charge in [0.1, 0.15) is 12.1 Å². The molecule has 7 nitrogen and oxygen atoms in total. The van der Waals surface area contributed by atoms with Crippen molar-refractivity contribution in [3.63, 3.8) is 0 Å². The van der Waals surface area contributed by atoms with Crippen molar-refractivity contribution in [3.05, 3.63) is 52.0 Å². The molecule has 0 N–H and O–H groups in total. The maximum absolute atomic E-state index is 12.7. The topological polar surface area (TPSA) is 71.8 Å². The second-order valence-corrected chi connectivity index (χ2v) is 9.28. The fourth-order valence-corrected chi connectivity index (χ4v) is 4.11. The molecule has 0 amide bonds. The lowest BCUT2D eigenvalue weighted by molar-refractivity contribution is -0.149. The van der Waals surface area contributed by atoms with Crippen LogP contribution < -0.4 is 0 Å². The Morgan fingerprint density at radius 1 is 1.32 bits per heavy atom. The van der Waals surface area contributed by atoms with Crippen LogP contribution in [0.25, 0.3) is 0 Å². The van der Waals surface area contributed by atoms with Crippen molar-refractivity contribution < 1.29 is 23.7 Å². The van der Waals surface area contributed by atoms with Crippen LogP contribution in [0.15, 0.2) is 35.1 Å². The molecule has 170 valence electrons. The molecule has 1 aliphatic rings. The molecule has 1 saturated heterocycles. The van der Waals surface area contributed by atoms with Gasteiger partial charge >= 0.3 is 5.97 Å². The van der Waals surface area contributed by atoms with Gasteiger partial charge in [-0.25, -0.2) is 4.98 Å². The van der Waals surface area contributed by atoms with E-state index in [4.69, 9.17) is 23.9 Å². The molecule has 0 spiro atoms. The molecule has 1 unspecified atom stereocenters. The first-order valence-electron chi connectivity index (χ1n) is 10.5. The third-order valence-electron chi connectivity index (χ3n) is 5.22. The number of carbonyl (C=O) groups is 1. The van der Waals surface area contributed by atoms with Gasteiger partial charge in [0, 0.05) is 12.1 Å². The number of rotatable bonds is 9. The summed E-state index contributed by atoms with van der Waals surface area (Å²) >= 11 is 3.55. The molecule has 0 saturated carbocycles. The SMILES string of the molecule is CCOC(=O)C(C)(C)c1nc(Br)n(COCc2ccccc2)c1CC1COC(C)(C)O1. The van der Waals surface area contributed by atoms with Crippen LogP contribution in [0, 0.1) is 0 Å². The first kappa shape index (κ1) is 23.9. The van der Waals surface area contributed by atoms with E-state index in [1.807, 2.05) is 62.6 Å². The van der Waals surface area contributed by atoms with Gasteiger partial charge in [0.15, 0.2) is 10.5 Å². The molecule has 8 heteroatoms. The maximum atomic E-state index is 12.7. The number of imidazole rings is 1. The Hall–Kier alpha value is -1.74. The summed E-state index contributed by atoms with van der Waals surface area (Å²) in [6, 6.07) is 9.98. The number of carbonyl (C=O) groups excluding carboxylic acids is 1. The van der Waals surface area contributed by atoms with Crippen LogP contribution in [0.2, 0.25) is 0 Å². The summed E-state index contributed by atoms with van der Waals surface area (Å²) in [5, 5.41) is 0. The summed E-state index contributed by atoms with van der Waals surface area (Å²) in [4.78, 5) is 17.4. The van der Waals surface area contributed by atoms with E-state index in [0.29, 0.717) is 36.7 Å². The minimum Gasteiger partial charge on any atom is -0.465 e. The average Bonchev–Trinajstić information content (AvgIpc) is 3.22. The van der Waals surface area contributed by atoms with E-state index in [-0.39, 0.29) is 18.8 Å². The van der Waals surface area contributed by atoms with Gasteiger partial charge in [-0.3, -0.25) is 9.36 Å². The molecule has 0 bridgehead atoms. The minimum absolute atomic E-state index is 0.150. The average molecular weight is 495 g/mol. The second-order valence-electron chi connectivity index (χ2n) is 8.57. The Kier molecular flexibility index (Phi) is 7.57. The summed E-state index contributed by atoms with van der Waals surface area (Å²) in [6.45, 7) is 10.8. The lowest BCUT2D eigenvalue weighted by Crippen LogP contribution is -2.34. The highest BCUT2D eigenvalue weighted by molar-refractivity contribution is 9.10. The number of hydrogen-bond acceptors (Lipinski definition) is 6. The number of benzene rings is 1. The van der Waals surface area contributed by atoms with Crippen LogP contribution in [-0.2, 0) is 48.9 Å². The van der Waals surface area contributed by atoms with Crippen molar-refractivity contribution in [1.29, 1.82) is 0 Å². The zero-order chi connectivity index (χ0) is 22.6. The molecule has 2 aromatic rings. The van der Waals surface area contributed by atoms with E-state index >= 15 is 0 Å². The number of esters is 1. The molecule has 3 rings (SSSR count). The highest BCUT2D eigenvalue weighted by Crippen LogP contribution is 2.33. The Labute approximate surface area is 192 Å². The summed E-state index contributed by atoms with van der Waals surface area (Å²) in [6.07, 6.45) is 0.387. The van der Waals surface area contributed by atoms with Crippen LogP contribution in [0.3, 0.4) is 0 Å². The van der Waals surface area contributed by atoms with Gasteiger partial charge in [-0.1, -0.05) is 30.3 Å². The minimum atomic E-state index is -0.923. The Balaban J connectivity index is 1.87. The first-order chi connectivity index (χ1) is 14.6. The predicted molar refractivity (Wildman–Crippen MR) is 119 cm³/mol. The van der Waals surface area contributed by atoms with Gasteiger partial charge < -0.3 is 18.9 Å². The summed E-state index contributed by atoms with van der Waals surface area (Å²) in [5.41, 5.74) is 1.67. The van der Waals surface area contributed by atoms with Crippen LogP contribution in [0.1, 0.15) is 51.6 Å². The number of hydrogen-bond donors (Lipinski definition) is 0. The molecule has 1 atom stereocenters. The largest absolute Gasteiger partial charge is 0.465 e. The van der Waals surface area contributed by atoms with Crippen molar-refractivity contribution in [2.24, 2.45) is 0 Å². The van der Waals surface area contributed by atoms with Gasteiger partial charge in [0.05, 0.1) is 31.6 Å². The molecule has 1 aliphatic heterocycles. The van der Waals surface area contributed by atoms with E-state index in [1.54, 1.807) is 6.92 Å². The molecular formula is C23H31BrN2O5. The van der Waals surface area contributed by atoms with Gasteiger partial charge in [-0.2, -0.15) is 0 Å². The molecule has 1 fully saturated rings. The maximum Gasteiger partial charge on any atom is 0.317 e. The van der Waals surface area contributed by atoms with E-state index in [1.165, 1.54) is 0 Å². The van der Waals surface area contributed by atoms with Crippen LogP contribution >= 0.6 is 15.9 Å². The van der Waals surface area contributed by atoms with Gasteiger partial charge in [0.2, 0.25) is 0 Å². The molecular weight excluding hydrogens is 464 g/mol. The summed E-state index contributed by atoms with van der Waals surface area (Å²) < 4.78 is 25.6. The third-order valence-corrected chi connectivity index (χ3v) is 5.83. The predicted octanol–water partition coefficient (Wildman–Crippen LogP) is 4.35. The molecule has 2 heterocycles. The zero-order valence-corrected chi connectivity index (χ0v) is 20.4. The third kappa shape index (κ3) is 5.74. The Bertz CT molecular complexity index is 895. The molecule has 0 radical (unpaired) electrons. The van der Waals surface area contributed by atoms with E-state index in [9.17, 15) is 4.79 Å². The van der Waals surface area contributed by atoms with E-state index in [2.05, 4.69) is 15.9 Å². The fraction of sp³-hybridized carbons (Fsp3) is 0.565. The monoisotopic (exact) mass is 494 g/mol. The summed E-state index contributed by atoms with van der Waals surface area (Å²) in [5.74, 6) is -0.949. The van der Waals surface area contributed by atoms with Gasteiger partial charge in [-0.15, -0.1) is 0 Å². The van der Waals surface area contributed by atoms with Crippen LogP contribution in [0.5, 0.6) is 0 Å². The normalized spacial score (nSPS) is 18.3. The van der Waals surface area contributed by atoms with Crippen molar-refractivity contribution in [2.75, 3.05) is 13.2 Å². The number of halogens is 1. The highest BCUT2D eigenvalue weighted by Gasteiger charge is 2.40. The van der Waals surface area contributed by atoms with Crippen molar-refractivity contribution in [3.8, 4) is 0 Å². The molecule has 0 aliphatic carbocycles. The zero-order valence-electron chi connectivity index (χ0n) is 18.8. The summed E-state index contributed by atoms with van der Waals surface area (Å²) in [7, 11) is 0. The Morgan fingerprint density at radius 3 is 2.65 bits per heavy atom. The number of nitrogens with zero attached hydrogens (tertiary/aromatic N) is 2. The Morgan fingerprint density at radius 2 is 2.03 bits per heavy atom. The lowest BCUT2D eigenvalue weighted by Gasteiger charge is -2.24. The number of ether oxygens (including phenoxy) is 4. The van der Waals surface area contributed by atoms with E-state index in [0.717, 1.165) is 11.3 Å². The smallest absolute Gasteiger partial charge is 0.317 e. The van der Waals surface area contributed by atoms with Gasteiger partial charge in [0.25, 0.3) is 0 Å². The number of aromatic nitrogens is 2. The first-order valence-corrected chi connectivity index (χ1v) is 11.3. The fourth-order valence-electron chi connectivity index (χ4n) is 3.61. The lowest BCUT2D eigenvalue weighted by atomic mass is 9.87. The molecule has 1 aromatic carbocycles. The van der Waals surface area contributed by atoms with Crippen LogP contribution in [0.4, 0.5) is 0 Å². The van der Waals surface area contributed by atoms with Crippen molar-refractivity contribution >= 4 is 21.9 Å². The molecule has 31 heavy (non-hydrogen) atoms. The standard InChI is InChI=1S/C23H31BrN2O5/c1-6-29-20(27)22(2,3)19-18(12-17-14-30-23(4,5)31-17)26(21(24)25-19)15-28-13-16-10-8-7-9-11-16/h7-11,17H,6,12-15H2,1-5H3. The van der Waals surface area contributed by atoms with E-state index < -0.39 is 11.2 Å². The second kappa shape index (κ2) is 9.81. The van der Waals surface area contributed by atoms with Crippen LogP contribution in [-0.4, -0.2) is 40.6 Å². The highest BCUT2D eigenvalue weighted by atomic mass is 79.9. The quantitative estimate of drug-likeness (QED) is 0.482.